The van der Waals surface area contributed by atoms with Gasteiger partial charge in [0, 0.05) is 10.9 Å². The molecule has 0 saturated carbocycles. The van der Waals surface area contributed by atoms with Crippen LogP contribution in [0.4, 0.5) is 5.69 Å². The fraction of sp³-hybridized carbons (Fsp3) is 0.250. The molecule has 1 aromatic rings. The van der Waals surface area contributed by atoms with Crippen LogP contribution in [0.2, 0.25) is 0 Å². The van der Waals surface area contributed by atoms with Gasteiger partial charge in [0.2, 0.25) is 0 Å². The van der Waals surface area contributed by atoms with Gasteiger partial charge >= 0.3 is 0 Å². The zero-order valence-corrected chi connectivity index (χ0v) is 9.79. The van der Waals surface area contributed by atoms with E-state index < -0.39 is 0 Å². The molecule has 0 aromatic heterocycles. The van der Waals surface area contributed by atoms with Gasteiger partial charge in [0.05, 0.1) is 0 Å². The van der Waals surface area contributed by atoms with Crippen LogP contribution in [0.25, 0.3) is 17.2 Å². The Kier molecular flexibility index (Phi) is 1.71. The minimum atomic E-state index is 0.935. The zero-order chi connectivity index (χ0) is 11.4. The maximum Gasteiger partial charge on any atom is 0.0391 e. The molecular weight excluding hydrogens is 206 g/mol. The summed E-state index contributed by atoms with van der Waals surface area (Å²) in [6.07, 6.45) is 11.6. The molecule has 0 fully saturated rings. The number of fused-ring (bicyclic) bond motifs is 2. The molecule has 84 valence electrons. The van der Waals surface area contributed by atoms with Crippen molar-refractivity contribution >= 4 is 22.9 Å². The Hall–Kier alpha value is -1.76. The molecule has 0 aliphatic heterocycles. The summed E-state index contributed by atoms with van der Waals surface area (Å²) in [4.78, 5) is 0. The molecule has 1 nitrogen and oxygen atoms in total. The predicted octanol–water partition coefficient (Wildman–Crippen LogP) is 2.11. The highest BCUT2D eigenvalue weighted by Crippen LogP contribution is 2.37. The molecule has 0 radical (unpaired) electrons. The molecule has 0 bridgehead atoms. The average molecular weight is 221 g/mol. The van der Waals surface area contributed by atoms with Gasteiger partial charge in [-0.15, -0.1) is 0 Å². The first-order valence-electron chi connectivity index (χ1n) is 6.38. The fourth-order valence-electron chi connectivity index (χ4n) is 3.41. The number of hydrogen-bond acceptors (Lipinski definition) is 1. The normalized spacial score (nSPS) is 20.1. The number of hydrogen-bond donors (Lipinski definition) is 1. The number of rotatable bonds is 0. The van der Waals surface area contributed by atoms with Crippen LogP contribution in [-0.4, -0.2) is 0 Å². The van der Waals surface area contributed by atoms with Crippen molar-refractivity contribution in [2.75, 3.05) is 5.73 Å². The molecule has 0 unspecified atom stereocenters. The predicted molar refractivity (Wildman–Crippen MR) is 72.5 cm³/mol. The summed E-state index contributed by atoms with van der Waals surface area (Å²) in [7, 11) is 0. The molecule has 0 spiro atoms. The average Bonchev–Trinajstić information content (AvgIpc) is 2.70. The van der Waals surface area contributed by atoms with Crippen molar-refractivity contribution in [1.82, 2.24) is 0 Å². The van der Waals surface area contributed by atoms with Gasteiger partial charge in [0.1, 0.15) is 0 Å². The van der Waals surface area contributed by atoms with E-state index in [2.05, 4.69) is 30.4 Å². The van der Waals surface area contributed by atoms with Crippen LogP contribution in [-0.2, 0) is 0 Å². The van der Waals surface area contributed by atoms with E-state index in [1.807, 2.05) is 0 Å². The Bertz CT molecular complexity index is 702. The molecule has 0 heterocycles. The molecule has 2 N–H and O–H groups in total. The lowest BCUT2D eigenvalue weighted by Crippen LogP contribution is -2.33. The molecule has 1 aromatic carbocycles. The maximum absolute atomic E-state index is 6.11. The van der Waals surface area contributed by atoms with Crippen molar-refractivity contribution in [2.24, 2.45) is 0 Å². The second-order valence-corrected chi connectivity index (χ2v) is 5.05. The van der Waals surface area contributed by atoms with Crippen LogP contribution in [0.1, 0.15) is 31.2 Å². The first kappa shape index (κ1) is 9.29. The number of benzene rings is 1. The van der Waals surface area contributed by atoms with Crippen molar-refractivity contribution in [3.05, 3.63) is 45.9 Å². The lowest BCUT2D eigenvalue weighted by Gasteiger charge is -2.12. The van der Waals surface area contributed by atoms with Gasteiger partial charge in [-0.05, 0) is 59.3 Å². The summed E-state index contributed by atoms with van der Waals surface area (Å²) < 4.78 is 0. The molecule has 0 atom stereocenters. The summed E-state index contributed by atoms with van der Waals surface area (Å²) in [6, 6.07) is 4.29. The third kappa shape index (κ3) is 1.09. The monoisotopic (exact) mass is 221 g/mol. The molecular formula is C16H15N. The number of allylic oxidation sites excluding steroid dienone is 4. The highest BCUT2D eigenvalue weighted by atomic mass is 14.5. The molecule has 1 heteroatoms. The maximum atomic E-state index is 6.11. The van der Waals surface area contributed by atoms with Crippen LogP contribution in [0.3, 0.4) is 0 Å². The van der Waals surface area contributed by atoms with Crippen molar-refractivity contribution < 1.29 is 0 Å². The van der Waals surface area contributed by atoms with Gasteiger partial charge in [-0.25, -0.2) is 0 Å². The summed E-state index contributed by atoms with van der Waals surface area (Å²) in [6.45, 7) is 0. The minimum absolute atomic E-state index is 0.935. The van der Waals surface area contributed by atoms with E-state index >= 15 is 0 Å². The number of anilines is 1. The fourth-order valence-corrected chi connectivity index (χ4v) is 3.41. The van der Waals surface area contributed by atoms with Crippen LogP contribution in [0.5, 0.6) is 0 Å². The van der Waals surface area contributed by atoms with Crippen LogP contribution >= 0.6 is 0 Å². The summed E-state index contributed by atoms with van der Waals surface area (Å²) in [5.74, 6) is 0. The highest BCUT2D eigenvalue weighted by Gasteiger charge is 2.24. The van der Waals surface area contributed by atoms with Gasteiger partial charge in [0.15, 0.2) is 0 Å². The number of nitrogen functional groups attached to an aromatic ring is 1. The van der Waals surface area contributed by atoms with Crippen LogP contribution < -0.4 is 16.2 Å². The van der Waals surface area contributed by atoms with E-state index in [1.54, 1.807) is 5.57 Å². The second kappa shape index (κ2) is 3.13. The minimum Gasteiger partial charge on any atom is -0.398 e. The lowest BCUT2D eigenvalue weighted by molar-refractivity contribution is 1.04. The molecule has 0 amide bonds. The summed E-state index contributed by atoms with van der Waals surface area (Å²) in [5, 5.41) is 2.72. The Morgan fingerprint density at radius 2 is 1.88 bits per heavy atom. The Morgan fingerprint density at radius 1 is 1.00 bits per heavy atom. The van der Waals surface area contributed by atoms with E-state index in [0.29, 0.717) is 0 Å². The molecule has 3 aliphatic rings. The Labute approximate surface area is 101 Å². The standard InChI is InChI=1S/C16H15N/c17-15-9-8-13-11-5-2-1-4-10(11)12-6-3-7-14(15)16(12)13/h1,4,7-9H,2-3,5-6,17H2. The second-order valence-electron chi connectivity index (χ2n) is 5.05. The van der Waals surface area contributed by atoms with Crippen molar-refractivity contribution in [1.29, 1.82) is 0 Å². The molecule has 4 rings (SSSR count). The van der Waals surface area contributed by atoms with Gasteiger partial charge < -0.3 is 5.73 Å². The number of nitrogens with two attached hydrogens (primary N) is 1. The van der Waals surface area contributed by atoms with Gasteiger partial charge in [-0.2, -0.15) is 0 Å². The van der Waals surface area contributed by atoms with Crippen LogP contribution in [0.15, 0.2) is 29.9 Å². The highest BCUT2D eigenvalue weighted by molar-refractivity contribution is 5.94. The van der Waals surface area contributed by atoms with Gasteiger partial charge in [-0.3, -0.25) is 0 Å². The van der Waals surface area contributed by atoms with Gasteiger partial charge in [0.25, 0.3) is 0 Å². The Morgan fingerprint density at radius 3 is 2.82 bits per heavy atom. The van der Waals surface area contributed by atoms with Crippen LogP contribution in [0, 0.1) is 0 Å². The van der Waals surface area contributed by atoms with E-state index in [1.165, 1.54) is 46.4 Å². The topological polar surface area (TPSA) is 26.0 Å². The largest absolute Gasteiger partial charge is 0.398 e. The third-order valence-electron chi connectivity index (χ3n) is 4.14. The van der Waals surface area contributed by atoms with Crippen molar-refractivity contribution in [3.63, 3.8) is 0 Å². The van der Waals surface area contributed by atoms with E-state index in [-0.39, 0.29) is 0 Å². The smallest absolute Gasteiger partial charge is 0.0391 e. The molecule has 3 aliphatic carbocycles. The first-order chi connectivity index (χ1) is 8.36. The summed E-state index contributed by atoms with van der Waals surface area (Å²) in [5.41, 5.74) is 13.1. The van der Waals surface area contributed by atoms with E-state index in [0.717, 1.165) is 12.1 Å². The summed E-state index contributed by atoms with van der Waals surface area (Å²) >= 11 is 0. The van der Waals surface area contributed by atoms with Gasteiger partial charge in [-0.1, -0.05) is 24.3 Å². The van der Waals surface area contributed by atoms with Crippen molar-refractivity contribution in [2.45, 2.75) is 25.7 Å². The molecule has 0 saturated heterocycles. The van der Waals surface area contributed by atoms with E-state index in [9.17, 15) is 0 Å². The zero-order valence-electron chi connectivity index (χ0n) is 9.79. The Balaban J connectivity index is 2.18. The lowest BCUT2D eigenvalue weighted by atomic mass is 9.93. The SMILES string of the molecule is Nc1ccc2c3c1=CCCC=3C1=C2CCC=C1. The molecule has 17 heavy (non-hydrogen) atoms. The quantitative estimate of drug-likeness (QED) is 0.667. The third-order valence-corrected chi connectivity index (χ3v) is 4.14. The first-order valence-corrected chi connectivity index (χ1v) is 6.38. The van der Waals surface area contributed by atoms with E-state index in [4.69, 9.17) is 5.73 Å². The van der Waals surface area contributed by atoms with Crippen molar-refractivity contribution in [3.8, 4) is 0 Å².